The highest BCUT2D eigenvalue weighted by molar-refractivity contribution is 5.25. The molecular formula is C18H33N3. The molecule has 1 heterocycles. The Hall–Kier alpha value is -0.930. The van der Waals surface area contributed by atoms with Crippen molar-refractivity contribution in [2.75, 3.05) is 19.6 Å². The molecule has 1 rings (SSSR count). The number of pyridine rings is 1. The van der Waals surface area contributed by atoms with Crippen molar-refractivity contribution in [1.29, 1.82) is 0 Å². The van der Waals surface area contributed by atoms with Crippen molar-refractivity contribution in [2.24, 2.45) is 17.6 Å². The van der Waals surface area contributed by atoms with Crippen molar-refractivity contribution in [3.05, 3.63) is 29.6 Å². The average molecular weight is 291 g/mol. The molecule has 0 amide bonds. The standard InChI is InChI=1S/C18H33N3/c1-14(2)7-10-21(11-8-15(3)4)18(12-19)17-13-20-9-6-16(17)5/h6,9,13-15,18H,7-8,10-12,19H2,1-5H3. The fourth-order valence-corrected chi connectivity index (χ4v) is 2.57. The second kappa shape index (κ2) is 9.16. The number of hydrogen-bond acceptors (Lipinski definition) is 3. The average Bonchev–Trinajstić information content (AvgIpc) is 2.43. The monoisotopic (exact) mass is 291 g/mol. The predicted octanol–water partition coefficient (Wildman–Crippen LogP) is 3.78. The first-order valence-corrected chi connectivity index (χ1v) is 8.30. The summed E-state index contributed by atoms with van der Waals surface area (Å²) in [6.07, 6.45) is 6.28. The summed E-state index contributed by atoms with van der Waals surface area (Å²) in [4.78, 5) is 6.86. The van der Waals surface area contributed by atoms with Gasteiger partial charge in [0.25, 0.3) is 0 Å². The molecule has 1 aromatic rings. The van der Waals surface area contributed by atoms with E-state index in [-0.39, 0.29) is 6.04 Å². The maximum Gasteiger partial charge on any atom is 0.0488 e. The molecule has 0 saturated carbocycles. The number of rotatable bonds is 9. The summed E-state index contributed by atoms with van der Waals surface area (Å²) in [6, 6.07) is 2.37. The summed E-state index contributed by atoms with van der Waals surface area (Å²) in [5.74, 6) is 1.44. The van der Waals surface area contributed by atoms with Gasteiger partial charge < -0.3 is 5.73 Å². The molecule has 1 unspecified atom stereocenters. The molecule has 0 spiro atoms. The third-order valence-corrected chi connectivity index (χ3v) is 4.09. The van der Waals surface area contributed by atoms with Crippen molar-refractivity contribution in [1.82, 2.24) is 9.88 Å². The molecule has 0 fully saturated rings. The fraction of sp³-hybridized carbons (Fsp3) is 0.722. The SMILES string of the molecule is Cc1ccncc1C(CN)N(CCC(C)C)CCC(C)C. The fourth-order valence-electron chi connectivity index (χ4n) is 2.57. The van der Waals surface area contributed by atoms with Crippen LogP contribution in [0.15, 0.2) is 18.5 Å². The van der Waals surface area contributed by atoms with Crippen LogP contribution in [-0.4, -0.2) is 29.5 Å². The van der Waals surface area contributed by atoms with E-state index in [0.717, 1.165) is 24.9 Å². The lowest BCUT2D eigenvalue weighted by molar-refractivity contribution is 0.180. The highest BCUT2D eigenvalue weighted by atomic mass is 15.2. The van der Waals surface area contributed by atoms with Gasteiger partial charge in [0.1, 0.15) is 0 Å². The van der Waals surface area contributed by atoms with Crippen LogP contribution in [0.3, 0.4) is 0 Å². The molecule has 21 heavy (non-hydrogen) atoms. The summed E-state index contributed by atoms with van der Waals surface area (Å²) >= 11 is 0. The smallest absolute Gasteiger partial charge is 0.0488 e. The molecule has 3 heteroatoms. The predicted molar refractivity (Wildman–Crippen MR) is 91.3 cm³/mol. The van der Waals surface area contributed by atoms with Gasteiger partial charge in [-0.15, -0.1) is 0 Å². The number of aromatic nitrogens is 1. The molecule has 0 aliphatic carbocycles. The summed E-state index contributed by atoms with van der Waals surface area (Å²) in [5, 5.41) is 0. The van der Waals surface area contributed by atoms with Crippen LogP contribution in [0.1, 0.15) is 57.7 Å². The number of nitrogens with zero attached hydrogens (tertiary/aromatic N) is 2. The first-order chi connectivity index (χ1) is 9.95. The van der Waals surface area contributed by atoms with Crippen LogP contribution in [0.25, 0.3) is 0 Å². The molecule has 0 aliphatic rings. The summed E-state index contributed by atoms with van der Waals surface area (Å²) in [7, 11) is 0. The van der Waals surface area contributed by atoms with Gasteiger partial charge in [-0.25, -0.2) is 0 Å². The van der Waals surface area contributed by atoms with Gasteiger partial charge >= 0.3 is 0 Å². The molecule has 2 N–H and O–H groups in total. The third kappa shape index (κ3) is 6.15. The molecule has 120 valence electrons. The van der Waals surface area contributed by atoms with E-state index >= 15 is 0 Å². The van der Waals surface area contributed by atoms with Crippen molar-refractivity contribution in [3.63, 3.8) is 0 Å². The van der Waals surface area contributed by atoms with E-state index in [1.165, 1.54) is 24.0 Å². The van der Waals surface area contributed by atoms with Crippen LogP contribution in [-0.2, 0) is 0 Å². The minimum atomic E-state index is 0.288. The Balaban J connectivity index is 2.88. The molecule has 0 aromatic carbocycles. The van der Waals surface area contributed by atoms with Crippen LogP contribution >= 0.6 is 0 Å². The molecule has 1 aromatic heterocycles. The molecular weight excluding hydrogens is 258 g/mol. The largest absolute Gasteiger partial charge is 0.329 e. The lowest BCUT2D eigenvalue weighted by Gasteiger charge is -2.33. The Morgan fingerprint density at radius 1 is 1.10 bits per heavy atom. The van der Waals surface area contributed by atoms with Crippen LogP contribution in [0, 0.1) is 18.8 Å². The minimum absolute atomic E-state index is 0.288. The van der Waals surface area contributed by atoms with E-state index in [0.29, 0.717) is 6.54 Å². The zero-order valence-electron chi connectivity index (χ0n) is 14.5. The number of aryl methyl sites for hydroxylation is 1. The first-order valence-electron chi connectivity index (χ1n) is 8.30. The third-order valence-electron chi connectivity index (χ3n) is 4.09. The molecule has 3 nitrogen and oxygen atoms in total. The van der Waals surface area contributed by atoms with Crippen molar-refractivity contribution in [2.45, 2.75) is 53.5 Å². The van der Waals surface area contributed by atoms with E-state index in [1.807, 2.05) is 12.4 Å². The zero-order chi connectivity index (χ0) is 15.8. The molecule has 0 bridgehead atoms. The molecule has 0 radical (unpaired) electrons. The van der Waals surface area contributed by atoms with Gasteiger partial charge in [0.05, 0.1) is 0 Å². The van der Waals surface area contributed by atoms with Crippen LogP contribution in [0.4, 0.5) is 0 Å². The summed E-state index contributed by atoms with van der Waals surface area (Å²) in [5.41, 5.74) is 8.69. The van der Waals surface area contributed by atoms with Crippen molar-refractivity contribution in [3.8, 4) is 0 Å². The van der Waals surface area contributed by atoms with Crippen LogP contribution in [0.2, 0.25) is 0 Å². The Labute approximate surface area is 130 Å². The Kier molecular flexibility index (Phi) is 7.91. The van der Waals surface area contributed by atoms with Crippen molar-refractivity contribution < 1.29 is 0 Å². The van der Waals surface area contributed by atoms with Crippen molar-refractivity contribution >= 4 is 0 Å². The number of nitrogens with two attached hydrogens (primary N) is 1. The van der Waals surface area contributed by atoms with Crippen LogP contribution in [0.5, 0.6) is 0 Å². The van der Waals surface area contributed by atoms with E-state index in [4.69, 9.17) is 5.73 Å². The maximum atomic E-state index is 6.12. The second-order valence-corrected chi connectivity index (χ2v) is 6.88. The lowest BCUT2D eigenvalue weighted by Crippen LogP contribution is -2.36. The Morgan fingerprint density at radius 3 is 2.10 bits per heavy atom. The van der Waals surface area contributed by atoms with E-state index in [9.17, 15) is 0 Å². The van der Waals surface area contributed by atoms with Gasteiger partial charge in [0.15, 0.2) is 0 Å². The second-order valence-electron chi connectivity index (χ2n) is 6.88. The zero-order valence-corrected chi connectivity index (χ0v) is 14.5. The first kappa shape index (κ1) is 18.1. The molecule has 0 aliphatic heterocycles. The topological polar surface area (TPSA) is 42.1 Å². The Bertz CT molecular complexity index is 389. The van der Waals surface area contributed by atoms with Gasteiger partial charge in [-0.05, 0) is 61.9 Å². The summed E-state index contributed by atoms with van der Waals surface area (Å²) in [6.45, 7) is 14.2. The Morgan fingerprint density at radius 2 is 1.67 bits per heavy atom. The highest BCUT2D eigenvalue weighted by Gasteiger charge is 2.21. The quantitative estimate of drug-likeness (QED) is 0.753. The van der Waals surface area contributed by atoms with E-state index < -0.39 is 0 Å². The minimum Gasteiger partial charge on any atom is -0.329 e. The van der Waals surface area contributed by atoms with Gasteiger partial charge in [0, 0.05) is 25.0 Å². The number of hydrogen-bond donors (Lipinski definition) is 1. The van der Waals surface area contributed by atoms with Gasteiger partial charge in [-0.3, -0.25) is 9.88 Å². The van der Waals surface area contributed by atoms with Gasteiger partial charge in [-0.1, -0.05) is 27.7 Å². The van der Waals surface area contributed by atoms with E-state index in [1.54, 1.807) is 0 Å². The van der Waals surface area contributed by atoms with E-state index in [2.05, 4.69) is 50.6 Å². The van der Waals surface area contributed by atoms with Gasteiger partial charge in [-0.2, -0.15) is 0 Å². The maximum absolute atomic E-state index is 6.12. The normalized spacial score (nSPS) is 13.4. The lowest BCUT2D eigenvalue weighted by atomic mass is 10.00. The molecule has 1 atom stereocenters. The highest BCUT2D eigenvalue weighted by Crippen LogP contribution is 2.24. The molecule has 0 saturated heterocycles. The van der Waals surface area contributed by atoms with Gasteiger partial charge in [0.2, 0.25) is 0 Å². The summed E-state index contributed by atoms with van der Waals surface area (Å²) < 4.78 is 0. The van der Waals surface area contributed by atoms with Crippen LogP contribution < -0.4 is 5.73 Å².